The van der Waals surface area contributed by atoms with Crippen LogP contribution in [0.3, 0.4) is 0 Å². The van der Waals surface area contributed by atoms with Crippen molar-refractivity contribution in [3.8, 4) is 28.6 Å². The lowest BCUT2D eigenvalue weighted by Gasteiger charge is -2.30. The van der Waals surface area contributed by atoms with Crippen LogP contribution in [0.2, 0.25) is 0 Å². The predicted molar refractivity (Wildman–Crippen MR) is 129 cm³/mol. The molecule has 11 heteroatoms. The highest BCUT2D eigenvalue weighted by Gasteiger charge is 2.32. The Hall–Kier alpha value is -3.70. The summed E-state index contributed by atoms with van der Waals surface area (Å²) in [5, 5.41) is 12.4. The summed E-state index contributed by atoms with van der Waals surface area (Å²) in [5.74, 6) is 0.774. The molecule has 10 nitrogen and oxygen atoms in total. The highest BCUT2D eigenvalue weighted by molar-refractivity contribution is 7.89. The smallest absolute Gasteiger partial charge is 0.243 e. The molecule has 4 rings (SSSR count). The molecular formula is C24H26N4O6S. The summed E-state index contributed by atoms with van der Waals surface area (Å²) >= 11 is 0. The maximum absolute atomic E-state index is 13.1. The molecule has 1 amide bonds. The van der Waals surface area contributed by atoms with Crippen molar-refractivity contribution in [3.05, 3.63) is 54.9 Å². The Bertz CT molecular complexity index is 1310. The number of benzene rings is 2. The van der Waals surface area contributed by atoms with E-state index in [2.05, 4.69) is 15.3 Å². The monoisotopic (exact) mass is 498 g/mol. The molecule has 0 aliphatic carbocycles. The molecule has 1 aromatic heterocycles. The molecule has 1 aliphatic heterocycles. The Labute approximate surface area is 203 Å². The first-order chi connectivity index (χ1) is 16.8. The fourth-order valence-electron chi connectivity index (χ4n) is 3.92. The predicted octanol–water partition coefficient (Wildman–Crippen LogP) is 2.91. The largest absolute Gasteiger partial charge is 0.508 e. The number of aromatic hydroxyl groups is 1. The van der Waals surface area contributed by atoms with Crippen molar-refractivity contribution in [3.63, 3.8) is 0 Å². The molecule has 2 N–H and O–H groups in total. The van der Waals surface area contributed by atoms with E-state index in [0.29, 0.717) is 41.4 Å². The van der Waals surface area contributed by atoms with E-state index >= 15 is 0 Å². The molecule has 1 fully saturated rings. The van der Waals surface area contributed by atoms with Crippen LogP contribution in [0.5, 0.6) is 17.2 Å². The summed E-state index contributed by atoms with van der Waals surface area (Å²) in [4.78, 5) is 21.4. The van der Waals surface area contributed by atoms with Crippen molar-refractivity contribution in [1.29, 1.82) is 0 Å². The number of hydrogen-bond acceptors (Lipinski definition) is 8. The first-order valence-electron chi connectivity index (χ1n) is 11.0. The number of carbonyl (C=O) groups excluding carboxylic acids is 1. The Morgan fingerprint density at radius 1 is 1.03 bits per heavy atom. The molecule has 2 heterocycles. The molecule has 2 aromatic carbocycles. The molecule has 0 unspecified atom stereocenters. The lowest BCUT2D eigenvalue weighted by molar-refractivity contribution is -0.120. The normalized spacial score (nSPS) is 14.9. The van der Waals surface area contributed by atoms with Gasteiger partial charge in [0.15, 0.2) is 17.3 Å². The Morgan fingerprint density at radius 2 is 1.71 bits per heavy atom. The fourth-order valence-corrected chi connectivity index (χ4v) is 5.40. The lowest BCUT2D eigenvalue weighted by atomic mass is 9.97. The number of ether oxygens (including phenoxy) is 2. The van der Waals surface area contributed by atoms with E-state index < -0.39 is 10.0 Å². The zero-order valence-electron chi connectivity index (χ0n) is 19.3. The number of piperidine rings is 1. The van der Waals surface area contributed by atoms with Crippen LogP contribution in [0.25, 0.3) is 11.4 Å². The third kappa shape index (κ3) is 5.36. The van der Waals surface area contributed by atoms with Gasteiger partial charge in [0.2, 0.25) is 15.9 Å². The Balaban J connectivity index is 1.36. The Morgan fingerprint density at radius 3 is 2.34 bits per heavy atom. The number of anilines is 1. The van der Waals surface area contributed by atoms with Crippen molar-refractivity contribution in [2.75, 3.05) is 32.6 Å². The van der Waals surface area contributed by atoms with Gasteiger partial charge in [0, 0.05) is 30.6 Å². The van der Waals surface area contributed by atoms with Gasteiger partial charge in [-0.05, 0) is 37.1 Å². The quantitative estimate of drug-likeness (QED) is 0.508. The zero-order valence-corrected chi connectivity index (χ0v) is 20.2. The van der Waals surface area contributed by atoms with Crippen LogP contribution in [0.15, 0.2) is 59.8 Å². The maximum atomic E-state index is 13.1. The minimum Gasteiger partial charge on any atom is -0.508 e. The average Bonchev–Trinajstić information content (AvgIpc) is 2.88. The Kier molecular flexibility index (Phi) is 7.17. The number of rotatable bonds is 7. The second kappa shape index (κ2) is 10.3. The van der Waals surface area contributed by atoms with Crippen molar-refractivity contribution in [1.82, 2.24) is 14.3 Å². The van der Waals surface area contributed by atoms with E-state index in [9.17, 15) is 18.3 Å². The molecule has 0 spiro atoms. The number of carbonyl (C=O) groups is 1. The number of nitrogens with zero attached hydrogens (tertiary/aromatic N) is 3. The van der Waals surface area contributed by atoms with Gasteiger partial charge in [-0.2, -0.15) is 4.31 Å². The minimum absolute atomic E-state index is 0.113. The van der Waals surface area contributed by atoms with Crippen LogP contribution in [-0.2, 0) is 14.8 Å². The molecule has 0 bridgehead atoms. The third-order valence-corrected chi connectivity index (χ3v) is 7.74. The number of amides is 1. The first kappa shape index (κ1) is 24.4. The van der Waals surface area contributed by atoms with Crippen molar-refractivity contribution in [2.24, 2.45) is 5.92 Å². The van der Waals surface area contributed by atoms with Crippen molar-refractivity contribution in [2.45, 2.75) is 17.7 Å². The molecule has 1 aliphatic rings. The molecule has 3 aromatic rings. The van der Waals surface area contributed by atoms with Gasteiger partial charge in [-0.25, -0.2) is 18.4 Å². The number of methoxy groups -OCH3 is 2. The second-order valence-corrected chi connectivity index (χ2v) is 9.97. The summed E-state index contributed by atoms with van der Waals surface area (Å²) < 4.78 is 38.0. The number of phenolic OH excluding ortho intramolecular Hbond substituents is 1. The number of aromatic nitrogens is 2. The highest BCUT2D eigenvalue weighted by Crippen LogP contribution is 2.32. The van der Waals surface area contributed by atoms with Crippen LogP contribution in [0.1, 0.15) is 12.8 Å². The molecule has 184 valence electrons. The summed E-state index contributed by atoms with van der Waals surface area (Å²) in [6.07, 6.45) is 3.78. The second-order valence-electron chi connectivity index (χ2n) is 8.03. The van der Waals surface area contributed by atoms with Crippen LogP contribution < -0.4 is 14.8 Å². The number of sulfonamides is 1. The zero-order chi connectivity index (χ0) is 25.0. The topological polar surface area (TPSA) is 131 Å². The van der Waals surface area contributed by atoms with Gasteiger partial charge in [0.25, 0.3) is 0 Å². The van der Waals surface area contributed by atoms with Gasteiger partial charge < -0.3 is 19.9 Å². The van der Waals surface area contributed by atoms with E-state index in [1.54, 1.807) is 30.3 Å². The van der Waals surface area contributed by atoms with Crippen molar-refractivity contribution < 1.29 is 27.8 Å². The summed E-state index contributed by atoms with van der Waals surface area (Å²) in [5.41, 5.74) is 1.10. The van der Waals surface area contributed by atoms with Gasteiger partial charge in [-0.1, -0.05) is 12.1 Å². The minimum atomic E-state index is -3.73. The van der Waals surface area contributed by atoms with Gasteiger partial charge in [0.05, 0.1) is 37.2 Å². The van der Waals surface area contributed by atoms with Gasteiger partial charge >= 0.3 is 0 Å². The standard InChI is InChI=1S/C24H26N4O6S/c1-33-21-7-6-20(13-22(21)34-2)35(31,32)28-10-8-16(9-11-28)24(30)27-18-14-25-23(26-15-18)17-4-3-5-19(29)12-17/h3-7,12-16,29H,8-11H2,1-2H3,(H,27,30). The molecule has 35 heavy (non-hydrogen) atoms. The van der Waals surface area contributed by atoms with Crippen LogP contribution in [-0.4, -0.2) is 61.0 Å². The van der Waals surface area contributed by atoms with Crippen LogP contribution in [0.4, 0.5) is 5.69 Å². The number of nitrogens with one attached hydrogen (secondary N) is 1. The average molecular weight is 499 g/mol. The van der Waals surface area contributed by atoms with E-state index in [4.69, 9.17) is 9.47 Å². The van der Waals surface area contributed by atoms with Crippen LogP contribution in [0, 0.1) is 5.92 Å². The van der Waals surface area contributed by atoms with Crippen molar-refractivity contribution >= 4 is 21.6 Å². The SMILES string of the molecule is COc1ccc(S(=O)(=O)N2CCC(C(=O)Nc3cnc(-c4cccc(O)c4)nc3)CC2)cc1OC. The molecule has 0 radical (unpaired) electrons. The molecule has 0 atom stereocenters. The molecule has 1 saturated heterocycles. The fraction of sp³-hybridized carbons (Fsp3) is 0.292. The molecule has 0 saturated carbocycles. The number of phenols is 1. The van der Waals surface area contributed by atoms with E-state index in [1.807, 2.05) is 0 Å². The van der Waals surface area contributed by atoms with Gasteiger partial charge in [-0.3, -0.25) is 4.79 Å². The van der Waals surface area contributed by atoms with E-state index in [1.165, 1.54) is 43.1 Å². The highest BCUT2D eigenvalue weighted by atomic mass is 32.2. The summed E-state index contributed by atoms with van der Waals surface area (Å²) in [7, 11) is -0.802. The number of hydrogen-bond donors (Lipinski definition) is 2. The first-order valence-corrected chi connectivity index (χ1v) is 12.4. The van der Waals surface area contributed by atoms with Gasteiger partial charge in [-0.15, -0.1) is 0 Å². The van der Waals surface area contributed by atoms with Crippen LogP contribution >= 0.6 is 0 Å². The van der Waals surface area contributed by atoms with E-state index in [0.717, 1.165) is 0 Å². The summed E-state index contributed by atoms with van der Waals surface area (Å²) in [6, 6.07) is 11.1. The van der Waals surface area contributed by atoms with Gasteiger partial charge in [0.1, 0.15) is 5.75 Å². The molecular weight excluding hydrogens is 472 g/mol. The van der Waals surface area contributed by atoms with E-state index in [-0.39, 0.29) is 35.6 Å². The summed E-state index contributed by atoms with van der Waals surface area (Å²) in [6.45, 7) is 0.448. The third-order valence-electron chi connectivity index (χ3n) is 5.84. The lowest BCUT2D eigenvalue weighted by Crippen LogP contribution is -2.41. The maximum Gasteiger partial charge on any atom is 0.243 e.